The summed E-state index contributed by atoms with van der Waals surface area (Å²) in [5.41, 5.74) is -2.00. The second-order valence-corrected chi connectivity index (χ2v) is 15.6. The van der Waals surface area contributed by atoms with Gasteiger partial charge in [0.1, 0.15) is 29.2 Å². The summed E-state index contributed by atoms with van der Waals surface area (Å²) in [7, 11) is 0. The lowest BCUT2D eigenvalue weighted by Crippen LogP contribution is -2.63. The van der Waals surface area contributed by atoms with Crippen molar-refractivity contribution in [1.29, 1.82) is 0 Å². The van der Waals surface area contributed by atoms with E-state index in [1.165, 1.54) is 33.6 Å². The molecule has 51 heavy (non-hydrogen) atoms. The molecule has 278 valence electrons. The van der Waals surface area contributed by atoms with Crippen molar-refractivity contribution in [2.75, 3.05) is 51.3 Å². The SMILES string of the molecule is CC(C)(C)OC(=O)NC1[C@H]2CN(Cc3ccc(-n4ccc(NC(=O)N5CCN(C(=O)[C@](C)(CF)NC(=O)OC(C)(C)C)CC5)nc4=O)cc3)C[C@H]12. The highest BCUT2D eigenvalue weighted by molar-refractivity contribution is 5.91. The standard InChI is InChI=1S/C35H49FN8O7/c1-33(2,3)50-31(48)39-27-24-19-41(20-25(24)27)18-22-8-10-23(11-9-22)44-13-12-26(38-30(44)47)37-29(46)43-16-14-42(15-17-43)28(45)35(7,21-36)40-32(49)51-34(4,5)6/h8-13,24-25,27H,14-21H2,1-7H3,(H,39,48)(H,40,49)(H,37,38,46,47)/t24-,25-,35-/m0/s1. The van der Waals surface area contributed by atoms with E-state index in [0.717, 1.165) is 25.2 Å². The molecule has 2 aromatic rings. The molecule has 1 aromatic heterocycles. The Balaban J connectivity index is 1.07. The molecule has 2 aliphatic heterocycles. The third-order valence-corrected chi connectivity index (χ3v) is 8.98. The summed E-state index contributed by atoms with van der Waals surface area (Å²) >= 11 is 0. The van der Waals surface area contributed by atoms with E-state index >= 15 is 0 Å². The molecule has 2 saturated heterocycles. The number of alkyl carbamates (subject to hydrolysis) is 2. The van der Waals surface area contributed by atoms with Crippen LogP contribution in [0.5, 0.6) is 0 Å². The van der Waals surface area contributed by atoms with Crippen molar-refractivity contribution in [2.45, 2.75) is 77.8 Å². The molecule has 0 bridgehead atoms. The third kappa shape index (κ3) is 9.54. The number of benzene rings is 1. The lowest BCUT2D eigenvalue weighted by Gasteiger charge is -2.39. The molecule has 0 unspecified atom stereocenters. The monoisotopic (exact) mass is 712 g/mol. The number of rotatable bonds is 8. The molecule has 3 N–H and O–H groups in total. The first-order chi connectivity index (χ1) is 23.8. The Hall–Kier alpha value is -4.73. The highest BCUT2D eigenvalue weighted by atomic mass is 19.1. The summed E-state index contributed by atoms with van der Waals surface area (Å²) in [5, 5.41) is 7.96. The van der Waals surface area contributed by atoms with E-state index in [-0.39, 0.29) is 44.1 Å². The Morgan fingerprint density at radius 3 is 1.96 bits per heavy atom. The third-order valence-electron chi connectivity index (χ3n) is 8.98. The Kier molecular flexibility index (Phi) is 10.7. The molecule has 1 saturated carbocycles. The smallest absolute Gasteiger partial charge is 0.408 e. The Labute approximate surface area is 296 Å². The van der Waals surface area contributed by atoms with Gasteiger partial charge in [-0.25, -0.2) is 23.6 Å². The minimum Gasteiger partial charge on any atom is -0.444 e. The summed E-state index contributed by atoms with van der Waals surface area (Å²) in [5.74, 6) is 0.306. The van der Waals surface area contributed by atoms with E-state index in [2.05, 4.69) is 25.8 Å². The van der Waals surface area contributed by atoms with Crippen LogP contribution in [0.1, 0.15) is 54.0 Å². The maximum atomic E-state index is 14.0. The molecule has 3 heterocycles. The van der Waals surface area contributed by atoms with Gasteiger partial charge in [0.15, 0.2) is 0 Å². The largest absolute Gasteiger partial charge is 0.444 e. The number of likely N-dealkylation sites (tertiary alicyclic amines) is 1. The fourth-order valence-corrected chi connectivity index (χ4v) is 6.41. The van der Waals surface area contributed by atoms with Gasteiger partial charge in [0.25, 0.3) is 5.91 Å². The summed E-state index contributed by atoms with van der Waals surface area (Å²) in [4.78, 5) is 72.5. The average Bonchev–Trinajstić information content (AvgIpc) is 3.46. The number of nitrogens with one attached hydrogen (secondary N) is 3. The van der Waals surface area contributed by atoms with Gasteiger partial charge in [0, 0.05) is 58.1 Å². The van der Waals surface area contributed by atoms with Gasteiger partial charge in [0.05, 0.1) is 5.69 Å². The van der Waals surface area contributed by atoms with E-state index in [1.807, 2.05) is 45.0 Å². The highest BCUT2D eigenvalue weighted by Crippen LogP contribution is 2.46. The molecule has 0 radical (unpaired) electrons. The Morgan fingerprint density at radius 2 is 1.41 bits per heavy atom. The molecule has 0 spiro atoms. The first kappa shape index (κ1) is 37.5. The van der Waals surface area contributed by atoms with Crippen molar-refractivity contribution in [3.63, 3.8) is 0 Å². The van der Waals surface area contributed by atoms with Crippen LogP contribution in [0, 0.1) is 11.8 Å². The van der Waals surface area contributed by atoms with Gasteiger partial charge in [-0.2, -0.15) is 4.98 Å². The van der Waals surface area contributed by atoms with Crippen LogP contribution in [0.4, 0.5) is 24.6 Å². The van der Waals surface area contributed by atoms with E-state index in [4.69, 9.17) is 9.47 Å². The van der Waals surface area contributed by atoms with E-state index < -0.39 is 47.1 Å². The molecule has 5 amide bonds. The number of alkyl halides is 1. The van der Waals surface area contributed by atoms with Crippen molar-refractivity contribution in [1.82, 2.24) is 34.9 Å². The van der Waals surface area contributed by atoms with Crippen molar-refractivity contribution in [3.05, 3.63) is 52.6 Å². The number of carbonyl (C=O) groups excluding carboxylic acids is 4. The van der Waals surface area contributed by atoms with Crippen molar-refractivity contribution in [2.24, 2.45) is 11.8 Å². The number of carbonyl (C=O) groups is 4. The van der Waals surface area contributed by atoms with Gasteiger partial charge in [-0.3, -0.25) is 19.6 Å². The van der Waals surface area contributed by atoms with Gasteiger partial charge in [0.2, 0.25) is 0 Å². The van der Waals surface area contributed by atoms with Crippen LogP contribution < -0.4 is 21.6 Å². The van der Waals surface area contributed by atoms with Crippen LogP contribution in [0.15, 0.2) is 41.3 Å². The zero-order chi connectivity index (χ0) is 37.3. The number of hydrogen-bond donors (Lipinski definition) is 3. The number of anilines is 1. The van der Waals surface area contributed by atoms with Crippen molar-refractivity contribution in [3.8, 4) is 5.69 Å². The highest BCUT2D eigenvalue weighted by Gasteiger charge is 2.56. The normalized spacial score (nSPS) is 21.6. The number of aromatic nitrogens is 2. The van der Waals surface area contributed by atoms with Crippen LogP contribution in [0.3, 0.4) is 0 Å². The van der Waals surface area contributed by atoms with Gasteiger partial charge in [-0.05, 0) is 84.1 Å². The zero-order valence-electron chi connectivity index (χ0n) is 30.3. The van der Waals surface area contributed by atoms with Crippen LogP contribution in [0.2, 0.25) is 0 Å². The number of urea groups is 1. The van der Waals surface area contributed by atoms with Crippen LogP contribution in [-0.4, -0.2) is 117 Å². The average molecular weight is 713 g/mol. The number of hydrogen-bond acceptors (Lipinski definition) is 9. The molecule has 5 rings (SSSR count). The summed E-state index contributed by atoms with van der Waals surface area (Å²) in [6.45, 7) is 13.8. The topological polar surface area (TPSA) is 167 Å². The quantitative estimate of drug-likeness (QED) is 0.373. The second-order valence-electron chi connectivity index (χ2n) is 15.6. The summed E-state index contributed by atoms with van der Waals surface area (Å²) < 4.78 is 25.9. The molecule has 3 atom stereocenters. The van der Waals surface area contributed by atoms with Gasteiger partial charge < -0.3 is 29.9 Å². The van der Waals surface area contributed by atoms with Crippen LogP contribution >= 0.6 is 0 Å². The number of piperidine rings is 1. The zero-order valence-corrected chi connectivity index (χ0v) is 30.3. The molecule has 16 heteroatoms. The fourth-order valence-electron chi connectivity index (χ4n) is 6.41. The predicted molar refractivity (Wildman–Crippen MR) is 186 cm³/mol. The summed E-state index contributed by atoms with van der Waals surface area (Å²) in [6.07, 6.45) is 0.267. The second kappa shape index (κ2) is 14.5. The molecular formula is C35H49FN8O7. The predicted octanol–water partition coefficient (Wildman–Crippen LogP) is 3.12. The molecule has 3 fully saturated rings. The van der Waals surface area contributed by atoms with Gasteiger partial charge >= 0.3 is 23.9 Å². The lowest BCUT2D eigenvalue weighted by molar-refractivity contribution is -0.139. The van der Waals surface area contributed by atoms with E-state index in [0.29, 0.717) is 17.5 Å². The first-order valence-corrected chi connectivity index (χ1v) is 17.2. The number of ether oxygens (including phenoxy) is 2. The molecule has 1 aromatic carbocycles. The van der Waals surface area contributed by atoms with Crippen LogP contribution in [0.25, 0.3) is 5.69 Å². The van der Waals surface area contributed by atoms with Gasteiger partial charge in [-0.15, -0.1) is 0 Å². The molecule has 3 aliphatic rings. The van der Waals surface area contributed by atoms with E-state index in [9.17, 15) is 28.4 Å². The maximum Gasteiger partial charge on any atom is 0.408 e. The number of amides is 5. The molecular weight excluding hydrogens is 663 g/mol. The number of piperazine rings is 1. The fraction of sp³-hybridized carbons (Fsp3) is 0.600. The minimum absolute atomic E-state index is 0.0787. The maximum absolute atomic E-state index is 14.0. The minimum atomic E-state index is -1.82. The molecule has 1 aliphatic carbocycles. The Bertz CT molecular complexity index is 1670. The first-order valence-electron chi connectivity index (χ1n) is 17.2. The number of fused-ring (bicyclic) bond motifs is 1. The number of halogens is 1. The lowest BCUT2D eigenvalue weighted by atomic mass is 10.0. The molecule has 15 nitrogen and oxygen atoms in total. The number of nitrogens with zero attached hydrogens (tertiary/aromatic N) is 5. The summed E-state index contributed by atoms with van der Waals surface area (Å²) in [6, 6.07) is 8.81. The van der Waals surface area contributed by atoms with Crippen molar-refractivity contribution < 1.29 is 33.0 Å². The van der Waals surface area contributed by atoms with Crippen molar-refractivity contribution >= 4 is 29.9 Å². The van der Waals surface area contributed by atoms with Crippen LogP contribution in [-0.2, 0) is 20.8 Å². The Morgan fingerprint density at radius 1 is 0.843 bits per heavy atom. The van der Waals surface area contributed by atoms with Gasteiger partial charge in [-0.1, -0.05) is 12.1 Å². The van der Waals surface area contributed by atoms with E-state index in [1.54, 1.807) is 20.8 Å².